The van der Waals surface area contributed by atoms with Gasteiger partial charge in [0.25, 0.3) is 11.8 Å². The number of amides is 4. The molecule has 0 saturated carbocycles. The zero-order chi connectivity index (χ0) is 41.5. The highest BCUT2D eigenvalue weighted by Crippen LogP contribution is 2.46. The third-order valence-corrected chi connectivity index (χ3v) is 9.39. The van der Waals surface area contributed by atoms with Gasteiger partial charge in [0.1, 0.15) is 32.8 Å². The van der Waals surface area contributed by atoms with E-state index >= 15 is 4.79 Å². The lowest BCUT2D eigenvalue weighted by molar-refractivity contribution is -0.150. The van der Waals surface area contributed by atoms with Crippen LogP contribution in [0, 0.1) is 0 Å². The zero-order valence-corrected chi connectivity index (χ0v) is 32.0. The summed E-state index contributed by atoms with van der Waals surface area (Å²) in [5.74, 6) is -4.59. The van der Waals surface area contributed by atoms with Gasteiger partial charge in [-0.05, 0) is 33.9 Å². The van der Waals surface area contributed by atoms with Crippen LogP contribution in [0.2, 0.25) is 0 Å². The minimum absolute atomic E-state index is 0.0112. The largest absolute Gasteiger partial charge is 0.460 e. The minimum atomic E-state index is -1.88. The fourth-order valence-corrected chi connectivity index (χ4v) is 6.59. The maximum atomic E-state index is 15.4. The Morgan fingerprint density at radius 1 is 0.576 bits per heavy atom. The Morgan fingerprint density at radius 2 is 1.08 bits per heavy atom. The van der Waals surface area contributed by atoms with E-state index in [0.29, 0.717) is 22.4 Å². The van der Waals surface area contributed by atoms with Crippen LogP contribution < -0.4 is 16.0 Å². The average Bonchev–Trinajstić information content (AvgIpc) is 3.28. The van der Waals surface area contributed by atoms with E-state index in [2.05, 4.69) is 16.0 Å². The lowest BCUT2D eigenvalue weighted by Crippen LogP contribution is -2.63. The molecule has 0 unspecified atom stereocenters. The number of rotatable bonds is 16. The van der Waals surface area contributed by atoms with Crippen LogP contribution in [0.5, 0.6) is 0 Å². The molecular weight excluding hydrogens is 753 g/mol. The number of nitrogens with zero attached hydrogens (tertiary/aromatic N) is 1. The van der Waals surface area contributed by atoms with Gasteiger partial charge in [-0.1, -0.05) is 152 Å². The number of carbonyl (C=O) groups excluding carboxylic acids is 6. The summed E-state index contributed by atoms with van der Waals surface area (Å²) in [6.07, 6.45) is 0.962. The fraction of sp³-hybridized carbons (Fsp3) is 0.174. The lowest BCUT2D eigenvalue weighted by Gasteiger charge is -2.47. The van der Waals surface area contributed by atoms with E-state index in [1.165, 1.54) is 4.90 Å². The van der Waals surface area contributed by atoms with Crippen LogP contribution in [-0.2, 0) is 56.9 Å². The Morgan fingerprint density at radius 3 is 1.69 bits per heavy atom. The number of hydrogen-bond acceptors (Lipinski definition) is 9. The van der Waals surface area contributed by atoms with E-state index in [9.17, 15) is 24.0 Å². The number of benzene rings is 5. The molecule has 0 saturated heterocycles. The van der Waals surface area contributed by atoms with E-state index in [4.69, 9.17) is 14.2 Å². The lowest BCUT2D eigenvalue weighted by atomic mass is 9.70. The monoisotopic (exact) mass is 794 g/mol. The first kappa shape index (κ1) is 41.1. The summed E-state index contributed by atoms with van der Waals surface area (Å²) >= 11 is 0. The van der Waals surface area contributed by atoms with Crippen LogP contribution in [-0.4, -0.2) is 66.9 Å². The highest BCUT2D eigenvalue weighted by atomic mass is 16.6. The molecular formula is C46H42N4O9. The van der Waals surface area contributed by atoms with E-state index in [0.717, 1.165) is 11.1 Å². The number of esters is 2. The smallest absolute Gasteiger partial charge is 0.407 e. The van der Waals surface area contributed by atoms with Crippen molar-refractivity contribution in [2.24, 2.45) is 0 Å². The summed E-state index contributed by atoms with van der Waals surface area (Å²) in [5, 5.41) is 7.75. The Balaban J connectivity index is 1.24. The van der Waals surface area contributed by atoms with Gasteiger partial charge in [-0.25, -0.2) is 4.79 Å². The molecule has 2 atom stereocenters. The number of alkyl carbamates (subject to hydrolysis) is 1. The summed E-state index contributed by atoms with van der Waals surface area (Å²) in [4.78, 5) is 81.7. The molecule has 0 aromatic heterocycles. The predicted molar refractivity (Wildman–Crippen MR) is 216 cm³/mol. The Hall–Kier alpha value is -7.54. The highest BCUT2D eigenvalue weighted by Gasteiger charge is 2.54. The maximum Gasteiger partial charge on any atom is 0.407 e. The Kier molecular flexibility index (Phi) is 14.0. The molecule has 5 aromatic carbocycles. The molecule has 4 amide bonds. The first-order chi connectivity index (χ1) is 28.7. The molecule has 59 heavy (non-hydrogen) atoms. The number of hydrogen-bond donors (Lipinski definition) is 3. The standard InChI is InChI=1S/C46H42N4O9/c51-40(47-27-42(53)57-30-33-16-6-1-7-17-33)29-50-39(36-22-12-4-13-23-36)26-38(35-20-10-3-11-21-35)46(44(50)55,37-24-14-5-15-25-37)49-41(52)32-58-43(54)28-48-45(56)59-31-34-18-8-2-9-19-34/h1-26,38H,27-32H2,(H,47,51)(H,48,56)(H,49,52)/t38-,46+/m0/s1. The Labute approximate surface area is 341 Å². The van der Waals surface area contributed by atoms with Crippen molar-refractivity contribution in [2.75, 3.05) is 26.2 Å². The van der Waals surface area contributed by atoms with Gasteiger partial charge in [0.15, 0.2) is 12.1 Å². The van der Waals surface area contributed by atoms with Crippen molar-refractivity contribution in [3.63, 3.8) is 0 Å². The van der Waals surface area contributed by atoms with E-state index in [1.54, 1.807) is 91.0 Å². The SMILES string of the molecule is O=C(CN1C(=O)[C@@](NC(=O)COC(=O)CNC(=O)OCc2ccccc2)(c2ccccc2)[C@H](c2ccccc2)C=C1c1ccccc1)NCC(=O)OCc1ccccc1. The van der Waals surface area contributed by atoms with Gasteiger partial charge in [0, 0.05) is 11.6 Å². The number of nitrogens with one attached hydrogen (secondary N) is 3. The van der Waals surface area contributed by atoms with Crippen molar-refractivity contribution in [3.05, 3.63) is 186 Å². The molecule has 13 heteroatoms. The summed E-state index contributed by atoms with van der Waals surface area (Å²) in [7, 11) is 0. The summed E-state index contributed by atoms with van der Waals surface area (Å²) in [6, 6.07) is 44.7. The predicted octanol–water partition coefficient (Wildman–Crippen LogP) is 4.99. The van der Waals surface area contributed by atoms with Crippen molar-refractivity contribution in [2.45, 2.75) is 24.7 Å². The van der Waals surface area contributed by atoms with Crippen LogP contribution in [0.1, 0.15) is 33.7 Å². The third kappa shape index (κ3) is 10.9. The second-order valence-electron chi connectivity index (χ2n) is 13.4. The molecule has 5 aromatic rings. The summed E-state index contributed by atoms with van der Waals surface area (Å²) in [6.45, 7) is -2.35. The second kappa shape index (κ2) is 20.1. The molecule has 6 rings (SSSR count). The Bertz CT molecular complexity index is 2260. The van der Waals surface area contributed by atoms with Gasteiger partial charge in [-0.3, -0.25) is 24.0 Å². The van der Waals surface area contributed by atoms with Gasteiger partial charge in [-0.2, -0.15) is 0 Å². The topological polar surface area (TPSA) is 169 Å². The van der Waals surface area contributed by atoms with Crippen molar-refractivity contribution < 1.29 is 43.0 Å². The van der Waals surface area contributed by atoms with Gasteiger partial charge in [0.05, 0.1) is 0 Å². The van der Waals surface area contributed by atoms with E-state index in [1.807, 2.05) is 66.7 Å². The van der Waals surface area contributed by atoms with Crippen molar-refractivity contribution in [3.8, 4) is 0 Å². The van der Waals surface area contributed by atoms with Crippen LogP contribution >= 0.6 is 0 Å². The maximum absolute atomic E-state index is 15.4. The zero-order valence-electron chi connectivity index (χ0n) is 32.0. The number of ether oxygens (including phenoxy) is 3. The minimum Gasteiger partial charge on any atom is -0.460 e. The quantitative estimate of drug-likeness (QED) is 0.0920. The number of carbonyl (C=O) groups is 6. The van der Waals surface area contributed by atoms with Crippen molar-refractivity contribution in [1.82, 2.24) is 20.9 Å². The molecule has 0 fully saturated rings. The normalized spacial score (nSPS) is 15.9. The van der Waals surface area contributed by atoms with E-state index < -0.39 is 73.5 Å². The molecule has 1 aliphatic rings. The molecule has 300 valence electrons. The van der Waals surface area contributed by atoms with Gasteiger partial charge in [0.2, 0.25) is 5.91 Å². The molecule has 0 aliphatic carbocycles. The summed E-state index contributed by atoms with van der Waals surface area (Å²) < 4.78 is 15.7. The molecule has 0 spiro atoms. The van der Waals surface area contributed by atoms with Crippen LogP contribution in [0.4, 0.5) is 4.79 Å². The highest BCUT2D eigenvalue weighted by molar-refractivity contribution is 6.03. The molecule has 0 bridgehead atoms. The van der Waals surface area contributed by atoms with Crippen LogP contribution in [0.25, 0.3) is 5.70 Å². The van der Waals surface area contributed by atoms with Crippen molar-refractivity contribution in [1.29, 1.82) is 0 Å². The molecule has 3 N–H and O–H groups in total. The van der Waals surface area contributed by atoms with Gasteiger partial charge >= 0.3 is 18.0 Å². The van der Waals surface area contributed by atoms with Gasteiger partial charge < -0.3 is 35.1 Å². The first-order valence-electron chi connectivity index (χ1n) is 18.8. The first-order valence-corrected chi connectivity index (χ1v) is 18.8. The fourth-order valence-electron chi connectivity index (χ4n) is 6.59. The molecule has 1 heterocycles. The molecule has 1 aliphatic heterocycles. The van der Waals surface area contributed by atoms with E-state index in [-0.39, 0.29) is 13.2 Å². The molecule has 13 nitrogen and oxygen atoms in total. The second-order valence-corrected chi connectivity index (χ2v) is 13.4. The third-order valence-electron chi connectivity index (χ3n) is 9.39. The molecule has 0 radical (unpaired) electrons. The van der Waals surface area contributed by atoms with Crippen LogP contribution in [0.15, 0.2) is 158 Å². The average molecular weight is 795 g/mol. The van der Waals surface area contributed by atoms with Crippen LogP contribution in [0.3, 0.4) is 0 Å². The van der Waals surface area contributed by atoms with Crippen molar-refractivity contribution >= 4 is 41.5 Å². The van der Waals surface area contributed by atoms with Gasteiger partial charge in [-0.15, -0.1) is 0 Å². The summed E-state index contributed by atoms with van der Waals surface area (Å²) in [5.41, 5.74) is 1.72.